The molecule has 1 N–H and O–H groups in total. The molecule has 180 valence electrons. The zero-order valence-corrected chi connectivity index (χ0v) is 19.9. The molecule has 0 spiro atoms. The number of fused-ring (bicyclic) bond motifs is 3. The summed E-state index contributed by atoms with van der Waals surface area (Å²) >= 11 is 1.21. The first-order chi connectivity index (χ1) is 17.7. The lowest BCUT2D eigenvalue weighted by molar-refractivity contribution is -0.113. The van der Waals surface area contributed by atoms with Crippen LogP contribution in [-0.4, -0.2) is 40.8 Å². The summed E-state index contributed by atoms with van der Waals surface area (Å²) in [6.45, 7) is 4.34. The van der Waals surface area contributed by atoms with E-state index in [0.717, 1.165) is 5.56 Å². The molecule has 4 heterocycles. The molecule has 1 aromatic carbocycles. The highest BCUT2D eigenvalue weighted by atomic mass is 32.2. The molecule has 36 heavy (non-hydrogen) atoms. The van der Waals surface area contributed by atoms with E-state index in [1.165, 1.54) is 16.3 Å². The summed E-state index contributed by atoms with van der Waals surface area (Å²) in [5.41, 5.74) is 1.44. The minimum atomic E-state index is -0.284. The fraction of sp³-hybridized carbons (Fsp3) is 0.120. The molecule has 0 aliphatic heterocycles. The molecule has 0 fully saturated rings. The van der Waals surface area contributed by atoms with Crippen molar-refractivity contribution in [1.29, 1.82) is 0 Å². The predicted molar refractivity (Wildman–Crippen MR) is 137 cm³/mol. The number of pyridine rings is 2. The lowest BCUT2D eigenvalue weighted by Gasteiger charge is -2.11. The van der Waals surface area contributed by atoms with Gasteiger partial charge < -0.3 is 10.1 Å². The molecule has 5 aromatic rings. The van der Waals surface area contributed by atoms with Gasteiger partial charge in [0.2, 0.25) is 11.7 Å². The predicted octanol–water partition coefficient (Wildman–Crippen LogP) is 3.33. The second kappa shape index (κ2) is 10.4. The van der Waals surface area contributed by atoms with E-state index in [1.54, 1.807) is 53.3 Å². The fourth-order valence-electron chi connectivity index (χ4n) is 3.66. The quantitative estimate of drug-likeness (QED) is 0.243. The standard InChI is InChI=1S/C25H21N7O3S/c1-2-14-31-23(34)18-6-3-4-7-19(18)32-24(31)29-30-25(32)36-16-21(33)28-22-20(8-5-11-27-22)35-15-17-9-12-26-13-10-17/h2-13H,1,14-16H2,(H,27,28,33). The molecule has 0 aliphatic carbocycles. The molecule has 0 saturated heterocycles. The van der Waals surface area contributed by atoms with E-state index < -0.39 is 0 Å². The van der Waals surface area contributed by atoms with Crippen LogP contribution in [0.15, 0.2) is 89.7 Å². The summed E-state index contributed by atoms with van der Waals surface area (Å²) in [5.74, 6) is 0.940. The van der Waals surface area contributed by atoms with E-state index in [0.29, 0.717) is 46.6 Å². The van der Waals surface area contributed by atoms with E-state index in [9.17, 15) is 9.59 Å². The van der Waals surface area contributed by atoms with Crippen LogP contribution in [0.3, 0.4) is 0 Å². The third-order valence-electron chi connectivity index (χ3n) is 5.29. The number of carbonyl (C=O) groups is 1. The largest absolute Gasteiger partial charge is 0.485 e. The molecule has 0 bridgehead atoms. The van der Waals surface area contributed by atoms with Crippen molar-refractivity contribution in [2.45, 2.75) is 18.3 Å². The molecule has 0 saturated carbocycles. The lowest BCUT2D eigenvalue weighted by atomic mass is 10.2. The topological polar surface area (TPSA) is 116 Å². The van der Waals surface area contributed by atoms with Gasteiger partial charge in [-0.25, -0.2) is 4.98 Å². The summed E-state index contributed by atoms with van der Waals surface area (Å²) in [4.78, 5) is 34.0. The SMILES string of the molecule is C=CCn1c(=O)c2ccccc2n2c(SCC(=O)Nc3ncccc3OCc3ccncc3)nnc12. The number of para-hydroxylation sites is 1. The molecule has 0 radical (unpaired) electrons. The second-order valence-corrected chi connectivity index (χ2v) is 8.61. The van der Waals surface area contributed by atoms with Crippen molar-refractivity contribution in [3.05, 3.63) is 95.7 Å². The van der Waals surface area contributed by atoms with Gasteiger partial charge in [0.05, 0.1) is 16.7 Å². The Kier molecular flexibility index (Phi) is 6.72. The number of aromatic nitrogens is 6. The van der Waals surface area contributed by atoms with Gasteiger partial charge in [-0.1, -0.05) is 30.0 Å². The Hall–Kier alpha value is -4.51. The van der Waals surface area contributed by atoms with Gasteiger partial charge in [0.15, 0.2) is 16.7 Å². The van der Waals surface area contributed by atoms with Crippen LogP contribution in [0.2, 0.25) is 0 Å². The Balaban J connectivity index is 1.34. The Morgan fingerprint density at radius 1 is 1.08 bits per heavy atom. The number of ether oxygens (including phenoxy) is 1. The third kappa shape index (κ3) is 4.68. The number of rotatable bonds is 9. The van der Waals surface area contributed by atoms with Crippen LogP contribution in [0.4, 0.5) is 5.82 Å². The molecule has 1 amide bonds. The highest BCUT2D eigenvalue weighted by Gasteiger charge is 2.18. The highest BCUT2D eigenvalue weighted by Crippen LogP contribution is 2.24. The van der Waals surface area contributed by atoms with Gasteiger partial charge in [0.1, 0.15) is 6.61 Å². The summed E-state index contributed by atoms with van der Waals surface area (Å²) in [7, 11) is 0. The Morgan fingerprint density at radius 3 is 2.75 bits per heavy atom. The number of hydrogen-bond acceptors (Lipinski definition) is 8. The Labute approximate surface area is 209 Å². The van der Waals surface area contributed by atoms with Crippen LogP contribution in [0.1, 0.15) is 5.56 Å². The average molecular weight is 500 g/mol. The normalized spacial score (nSPS) is 11.0. The van der Waals surface area contributed by atoms with Gasteiger partial charge in [0, 0.05) is 25.1 Å². The summed E-state index contributed by atoms with van der Waals surface area (Å²) < 4.78 is 9.14. The molecule has 0 aliphatic rings. The summed E-state index contributed by atoms with van der Waals surface area (Å²) in [6.07, 6.45) is 6.59. The molecule has 0 unspecified atom stereocenters. The summed E-state index contributed by atoms with van der Waals surface area (Å²) in [5, 5.41) is 12.3. The number of anilines is 1. The zero-order valence-electron chi connectivity index (χ0n) is 19.1. The van der Waals surface area contributed by atoms with Gasteiger partial charge in [0.25, 0.3) is 5.56 Å². The Bertz CT molecular complexity index is 1620. The van der Waals surface area contributed by atoms with Crippen LogP contribution in [0.5, 0.6) is 5.75 Å². The van der Waals surface area contributed by atoms with Crippen molar-refractivity contribution >= 4 is 40.2 Å². The van der Waals surface area contributed by atoms with Gasteiger partial charge in [-0.2, -0.15) is 0 Å². The van der Waals surface area contributed by atoms with Crippen molar-refractivity contribution < 1.29 is 9.53 Å². The maximum absolute atomic E-state index is 12.9. The number of nitrogens with zero attached hydrogens (tertiary/aromatic N) is 6. The average Bonchev–Trinajstić information content (AvgIpc) is 3.34. The number of carbonyl (C=O) groups excluding carboxylic acids is 1. The van der Waals surface area contributed by atoms with Crippen LogP contribution < -0.4 is 15.6 Å². The van der Waals surface area contributed by atoms with Gasteiger partial charge in [-0.15, -0.1) is 16.8 Å². The molecule has 11 heteroatoms. The van der Waals surface area contributed by atoms with Gasteiger partial charge in [-0.3, -0.25) is 23.5 Å². The maximum atomic E-state index is 12.9. The molecule has 4 aromatic heterocycles. The molecule has 10 nitrogen and oxygen atoms in total. The van der Waals surface area contributed by atoms with Crippen molar-refractivity contribution in [1.82, 2.24) is 29.1 Å². The van der Waals surface area contributed by atoms with E-state index in [4.69, 9.17) is 4.74 Å². The van der Waals surface area contributed by atoms with E-state index in [1.807, 2.05) is 24.3 Å². The first kappa shape index (κ1) is 23.2. The van der Waals surface area contributed by atoms with Crippen LogP contribution in [-0.2, 0) is 17.9 Å². The number of amides is 1. The molecular formula is C25H21N7O3S. The second-order valence-electron chi connectivity index (χ2n) is 7.67. The Morgan fingerprint density at radius 2 is 1.92 bits per heavy atom. The third-order valence-corrected chi connectivity index (χ3v) is 6.22. The van der Waals surface area contributed by atoms with Crippen LogP contribution >= 0.6 is 11.8 Å². The van der Waals surface area contributed by atoms with Crippen molar-refractivity contribution in [3.8, 4) is 5.75 Å². The van der Waals surface area contributed by atoms with Gasteiger partial charge in [-0.05, 0) is 42.0 Å². The van der Waals surface area contributed by atoms with Crippen LogP contribution in [0.25, 0.3) is 16.7 Å². The zero-order chi connectivity index (χ0) is 24.9. The van der Waals surface area contributed by atoms with E-state index in [2.05, 4.69) is 32.1 Å². The van der Waals surface area contributed by atoms with E-state index >= 15 is 0 Å². The smallest absolute Gasteiger partial charge is 0.263 e. The van der Waals surface area contributed by atoms with Crippen LogP contribution in [0, 0.1) is 0 Å². The molecule has 5 rings (SSSR count). The highest BCUT2D eigenvalue weighted by molar-refractivity contribution is 7.99. The monoisotopic (exact) mass is 499 g/mol. The van der Waals surface area contributed by atoms with Gasteiger partial charge >= 0.3 is 0 Å². The number of thioether (sulfide) groups is 1. The summed E-state index contributed by atoms with van der Waals surface area (Å²) in [6, 6.07) is 14.4. The van der Waals surface area contributed by atoms with Crippen molar-refractivity contribution in [2.24, 2.45) is 0 Å². The lowest BCUT2D eigenvalue weighted by Crippen LogP contribution is -2.22. The van der Waals surface area contributed by atoms with E-state index in [-0.39, 0.29) is 17.2 Å². The minimum absolute atomic E-state index is 0.0517. The number of allylic oxidation sites excluding steroid dienone is 1. The first-order valence-corrected chi connectivity index (χ1v) is 12.0. The number of hydrogen-bond donors (Lipinski definition) is 1. The number of benzene rings is 1. The maximum Gasteiger partial charge on any atom is 0.263 e. The fourth-order valence-corrected chi connectivity index (χ4v) is 4.40. The number of nitrogens with one attached hydrogen (secondary N) is 1. The molecule has 0 atom stereocenters. The molecular weight excluding hydrogens is 478 g/mol. The van der Waals surface area contributed by atoms with Crippen molar-refractivity contribution in [3.63, 3.8) is 0 Å². The first-order valence-electron chi connectivity index (χ1n) is 11.0. The van der Waals surface area contributed by atoms with Crippen molar-refractivity contribution in [2.75, 3.05) is 11.1 Å². The minimum Gasteiger partial charge on any atom is -0.485 e.